The van der Waals surface area contributed by atoms with E-state index in [1.807, 2.05) is 0 Å². The van der Waals surface area contributed by atoms with Gasteiger partial charge in [0.1, 0.15) is 5.56 Å². The lowest BCUT2D eigenvalue weighted by Gasteiger charge is -2.14. The Bertz CT molecular complexity index is 583. The van der Waals surface area contributed by atoms with Crippen molar-refractivity contribution in [2.75, 3.05) is 0 Å². The Morgan fingerprint density at radius 3 is 2.32 bits per heavy atom. The van der Waals surface area contributed by atoms with Crippen molar-refractivity contribution in [1.82, 2.24) is 14.8 Å². The molecule has 0 saturated carbocycles. The van der Waals surface area contributed by atoms with Crippen LogP contribution in [0.3, 0.4) is 0 Å². The predicted molar refractivity (Wildman–Crippen MR) is 50.2 cm³/mol. The van der Waals surface area contributed by atoms with E-state index in [0.29, 0.717) is 12.3 Å². The van der Waals surface area contributed by atoms with Crippen molar-refractivity contribution in [1.29, 1.82) is 0 Å². The molecule has 0 atom stereocenters. The van der Waals surface area contributed by atoms with E-state index in [9.17, 15) is 26.3 Å². The van der Waals surface area contributed by atoms with Gasteiger partial charge in [-0.1, -0.05) is 0 Å². The van der Waals surface area contributed by atoms with Crippen molar-refractivity contribution in [2.45, 2.75) is 12.4 Å². The first-order valence-electron chi connectivity index (χ1n) is 4.77. The summed E-state index contributed by atoms with van der Waals surface area (Å²) in [5, 5.41) is 3.21. The van der Waals surface area contributed by atoms with Gasteiger partial charge in [-0.25, -0.2) is 9.67 Å². The second-order valence-corrected chi connectivity index (χ2v) is 3.42. The average Bonchev–Trinajstić information content (AvgIpc) is 2.76. The molecule has 19 heavy (non-hydrogen) atoms. The summed E-state index contributed by atoms with van der Waals surface area (Å²) in [6.45, 7) is 0. The zero-order valence-corrected chi connectivity index (χ0v) is 8.92. The number of pyridine rings is 1. The molecular weight excluding hydrogens is 276 g/mol. The Hall–Kier alpha value is -2.06. The molecule has 1 radical (unpaired) electrons. The largest absolute Gasteiger partial charge is 0.434 e. The van der Waals surface area contributed by atoms with E-state index >= 15 is 0 Å². The highest BCUT2D eigenvalue weighted by Crippen LogP contribution is 2.35. The maximum atomic E-state index is 12.7. The zero-order valence-electron chi connectivity index (χ0n) is 8.92. The summed E-state index contributed by atoms with van der Waals surface area (Å²) in [4.78, 5) is 3.32. The summed E-state index contributed by atoms with van der Waals surface area (Å²) >= 11 is 0. The third kappa shape index (κ3) is 2.54. The normalized spacial score (nSPS) is 12.7. The lowest BCUT2D eigenvalue weighted by molar-refractivity contribution is -0.145. The SMILES string of the molecule is FC(F)(F)c1cccnc1-n1nc[c]c1C(F)(F)F. The van der Waals surface area contributed by atoms with Gasteiger partial charge in [-0.3, -0.25) is 0 Å². The molecule has 0 saturated heterocycles. The molecule has 0 fully saturated rings. The first-order valence-corrected chi connectivity index (χ1v) is 4.77. The van der Waals surface area contributed by atoms with Crippen LogP contribution in [0, 0.1) is 6.07 Å². The Balaban J connectivity index is 2.65. The fourth-order valence-corrected chi connectivity index (χ4v) is 1.42. The maximum absolute atomic E-state index is 12.7. The van der Waals surface area contributed by atoms with Gasteiger partial charge in [0.2, 0.25) is 0 Å². The molecule has 0 aliphatic heterocycles. The standard InChI is InChI=1S/C10H4F6N3/c11-9(12,13)6-2-1-4-17-8(6)19-7(3-5-18-19)10(14,15)16/h1-2,4-5H. The first-order chi connectivity index (χ1) is 8.71. The van der Waals surface area contributed by atoms with E-state index in [-0.39, 0.29) is 4.68 Å². The third-order valence-corrected chi connectivity index (χ3v) is 2.15. The second kappa shape index (κ2) is 4.25. The van der Waals surface area contributed by atoms with E-state index < -0.39 is 29.4 Å². The highest BCUT2D eigenvalue weighted by Gasteiger charge is 2.39. The van der Waals surface area contributed by atoms with Gasteiger partial charge >= 0.3 is 12.4 Å². The summed E-state index contributed by atoms with van der Waals surface area (Å²) in [6.07, 6.45) is -8.13. The number of nitrogens with zero attached hydrogens (tertiary/aromatic N) is 3. The Labute approximate surface area is 102 Å². The Kier molecular flexibility index (Phi) is 2.99. The lowest BCUT2D eigenvalue weighted by atomic mass is 10.2. The zero-order chi connectivity index (χ0) is 14.3. The fraction of sp³-hybridized carbons (Fsp3) is 0.200. The predicted octanol–water partition coefficient (Wildman–Crippen LogP) is 3.11. The molecule has 0 amide bonds. The van der Waals surface area contributed by atoms with E-state index in [4.69, 9.17) is 0 Å². The smallest absolute Gasteiger partial charge is 0.237 e. The second-order valence-electron chi connectivity index (χ2n) is 3.42. The van der Waals surface area contributed by atoms with Crippen LogP contribution in [-0.4, -0.2) is 14.8 Å². The molecule has 2 aromatic heterocycles. The van der Waals surface area contributed by atoms with Crippen LogP contribution < -0.4 is 0 Å². The van der Waals surface area contributed by atoms with Crippen molar-refractivity contribution in [2.24, 2.45) is 0 Å². The van der Waals surface area contributed by atoms with E-state index in [1.54, 1.807) is 6.07 Å². The van der Waals surface area contributed by atoms with Gasteiger partial charge in [-0.05, 0) is 12.1 Å². The van der Waals surface area contributed by atoms with Crippen LogP contribution in [0.25, 0.3) is 5.82 Å². The van der Waals surface area contributed by atoms with Crippen LogP contribution in [0.2, 0.25) is 0 Å². The Morgan fingerprint density at radius 1 is 1.05 bits per heavy atom. The van der Waals surface area contributed by atoms with Crippen LogP contribution in [0.4, 0.5) is 26.3 Å². The molecule has 0 unspecified atom stereocenters. The number of rotatable bonds is 1. The number of halogens is 6. The van der Waals surface area contributed by atoms with Crippen molar-refractivity contribution in [3.05, 3.63) is 41.9 Å². The number of aromatic nitrogens is 3. The summed E-state index contributed by atoms with van der Waals surface area (Å²) in [5.41, 5.74) is -2.76. The number of alkyl halides is 6. The molecule has 2 aromatic rings. The van der Waals surface area contributed by atoms with Crippen LogP contribution in [0.5, 0.6) is 0 Å². The van der Waals surface area contributed by atoms with Gasteiger partial charge in [-0.2, -0.15) is 31.4 Å². The minimum atomic E-state index is -4.88. The van der Waals surface area contributed by atoms with Gasteiger partial charge in [0, 0.05) is 12.3 Å². The van der Waals surface area contributed by atoms with Gasteiger partial charge in [0.25, 0.3) is 0 Å². The van der Waals surface area contributed by atoms with E-state index in [1.165, 1.54) is 0 Å². The van der Waals surface area contributed by atoms with Gasteiger partial charge < -0.3 is 0 Å². The first kappa shape index (κ1) is 13.4. The fourth-order valence-electron chi connectivity index (χ4n) is 1.42. The molecule has 0 aliphatic rings. The average molecular weight is 280 g/mol. The monoisotopic (exact) mass is 280 g/mol. The van der Waals surface area contributed by atoms with Gasteiger partial charge in [-0.15, -0.1) is 0 Å². The van der Waals surface area contributed by atoms with Crippen molar-refractivity contribution in [3.8, 4) is 5.82 Å². The summed E-state index contributed by atoms with van der Waals surface area (Å²) < 4.78 is 75.9. The van der Waals surface area contributed by atoms with Gasteiger partial charge in [0.15, 0.2) is 11.5 Å². The maximum Gasteiger partial charge on any atom is 0.434 e. The van der Waals surface area contributed by atoms with Crippen LogP contribution in [0.15, 0.2) is 24.5 Å². The number of hydrogen-bond donors (Lipinski definition) is 0. The molecule has 0 bridgehead atoms. The summed E-state index contributed by atoms with van der Waals surface area (Å²) in [7, 11) is 0. The molecule has 2 heterocycles. The van der Waals surface area contributed by atoms with Crippen LogP contribution >= 0.6 is 0 Å². The molecule has 0 spiro atoms. The van der Waals surface area contributed by atoms with Gasteiger partial charge in [0.05, 0.1) is 6.20 Å². The Morgan fingerprint density at radius 2 is 1.74 bits per heavy atom. The molecule has 0 aliphatic carbocycles. The molecule has 9 heteroatoms. The topological polar surface area (TPSA) is 30.7 Å². The van der Waals surface area contributed by atoms with E-state index in [0.717, 1.165) is 12.3 Å². The molecule has 2 rings (SSSR count). The van der Waals surface area contributed by atoms with Crippen molar-refractivity contribution in [3.63, 3.8) is 0 Å². The molecular formula is C10H4F6N3. The molecule has 0 N–H and O–H groups in total. The number of hydrogen-bond acceptors (Lipinski definition) is 2. The summed E-state index contributed by atoms with van der Waals surface area (Å²) in [6, 6.07) is 3.35. The molecule has 0 aromatic carbocycles. The molecule has 3 nitrogen and oxygen atoms in total. The molecule has 101 valence electrons. The quantitative estimate of drug-likeness (QED) is 0.751. The minimum absolute atomic E-state index is 0.0722. The van der Waals surface area contributed by atoms with Crippen molar-refractivity contribution >= 4 is 0 Å². The van der Waals surface area contributed by atoms with E-state index in [2.05, 4.69) is 10.1 Å². The third-order valence-electron chi connectivity index (χ3n) is 2.15. The lowest BCUT2D eigenvalue weighted by Crippen LogP contribution is -2.18. The van der Waals surface area contributed by atoms with Crippen LogP contribution in [0.1, 0.15) is 11.3 Å². The highest BCUT2D eigenvalue weighted by atomic mass is 19.4. The van der Waals surface area contributed by atoms with Crippen molar-refractivity contribution < 1.29 is 26.3 Å². The minimum Gasteiger partial charge on any atom is -0.237 e. The summed E-state index contributed by atoms with van der Waals surface area (Å²) in [5.74, 6) is -0.941. The van der Waals surface area contributed by atoms with Crippen LogP contribution in [-0.2, 0) is 12.4 Å². The highest BCUT2D eigenvalue weighted by molar-refractivity contribution is 5.36.